The number of rotatable bonds is 25. The van der Waals surface area contributed by atoms with Crippen LogP contribution in [-0.4, -0.2) is 51.2 Å². The first-order chi connectivity index (χ1) is 17.7. The van der Waals surface area contributed by atoms with E-state index in [1.807, 2.05) is 0 Å². The second-order valence-electron chi connectivity index (χ2n) is 10.2. The van der Waals surface area contributed by atoms with Gasteiger partial charge in [0.15, 0.2) is 0 Å². The monoisotopic (exact) mass is 530 g/mol. The number of esters is 2. The Kier molecular flexibility index (Phi) is 20.6. The van der Waals surface area contributed by atoms with Crippen LogP contribution >= 0.6 is 0 Å². The fraction of sp³-hybridized carbons (Fsp3) is 0.897. The molecule has 8 nitrogen and oxygen atoms in total. The molecule has 0 aliphatic carbocycles. The molecular weight excluding hydrogens is 476 g/mol. The molecule has 0 saturated heterocycles. The molecule has 0 rings (SSSR count). The van der Waals surface area contributed by atoms with Gasteiger partial charge in [0.05, 0.1) is 0 Å². The molecule has 0 aliphatic heterocycles. The van der Waals surface area contributed by atoms with E-state index in [0.29, 0.717) is 12.8 Å². The zero-order chi connectivity index (χ0) is 28.0. The number of ether oxygens (including phenoxy) is 2. The third kappa shape index (κ3) is 15.5. The van der Waals surface area contributed by atoms with Crippen LogP contribution in [0.2, 0.25) is 0 Å². The Bertz CT molecular complexity index is 623. The molecule has 0 fully saturated rings. The molecule has 0 amide bonds. The Morgan fingerprint density at radius 1 is 0.568 bits per heavy atom. The number of carbonyl (C=O) groups is 3. The average molecular weight is 531 g/mol. The Labute approximate surface area is 224 Å². The first-order valence-corrected chi connectivity index (χ1v) is 14.7. The summed E-state index contributed by atoms with van der Waals surface area (Å²) >= 11 is 0. The van der Waals surface area contributed by atoms with Crippen molar-refractivity contribution in [1.29, 1.82) is 0 Å². The molecule has 2 atom stereocenters. The van der Waals surface area contributed by atoms with E-state index in [4.69, 9.17) is 9.47 Å². The van der Waals surface area contributed by atoms with Gasteiger partial charge in [-0.25, -0.2) is 0 Å². The van der Waals surface area contributed by atoms with E-state index < -0.39 is 35.9 Å². The van der Waals surface area contributed by atoms with Gasteiger partial charge in [0.1, 0.15) is 6.61 Å². The van der Waals surface area contributed by atoms with Crippen LogP contribution < -0.4 is 0 Å². The summed E-state index contributed by atoms with van der Waals surface area (Å²) < 4.78 is 9.81. The third-order valence-electron chi connectivity index (χ3n) is 6.73. The molecule has 3 N–H and O–H groups in total. The number of ketones is 1. The second kappa shape index (κ2) is 21.4. The van der Waals surface area contributed by atoms with Gasteiger partial charge in [-0.05, 0) is 12.8 Å². The summed E-state index contributed by atoms with van der Waals surface area (Å²) in [5.74, 6) is -9.23. The number of hydrogen-bond donors (Lipinski definition) is 3. The lowest BCUT2D eigenvalue weighted by molar-refractivity contribution is -0.351. The quantitative estimate of drug-likeness (QED) is 0.0758. The zero-order valence-electron chi connectivity index (χ0n) is 23.7. The molecule has 0 aliphatic rings. The van der Waals surface area contributed by atoms with Gasteiger partial charge in [-0.15, -0.1) is 0 Å². The molecule has 0 aromatic heterocycles. The summed E-state index contributed by atoms with van der Waals surface area (Å²) in [6.07, 6.45) is 18.7. The normalized spacial score (nSPS) is 14.5. The van der Waals surface area contributed by atoms with Crippen LogP contribution in [-0.2, 0) is 23.9 Å². The minimum atomic E-state index is -3.19. The van der Waals surface area contributed by atoms with Gasteiger partial charge in [0, 0.05) is 19.8 Å². The standard InChI is InChI=1S/C29H54O8/c1-4-6-8-10-12-14-16-18-20-22-26(32)36-28(34,24-30)29(35,25(3)31)37-27(33)23-21-19-17-15-13-11-9-7-5-2/h30,34-35H,4-24H2,1-3H3. The van der Waals surface area contributed by atoms with Crippen LogP contribution in [0.3, 0.4) is 0 Å². The van der Waals surface area contributed by atoms with E-state index in [2.05, 4.69) is 13.8 Å². The molecule has 0 heterocycles. The van der Waals surface area contributed by atoms with Crippen LogP contribution in [0, 0.1) is 0 Å². The van der Waals surface area contributed by atoms with Crippen molar-refractivity contribution >= 4 is 17.7 Å². The van der Waals surface area contributed by atoms with Crippen molar-refractivity contribution in [1.82, 2.24) is 0 Å². The molecule has 0 radical (unpaired) electrons. The number of Topliss-reactive ketones (excluding diaryl/α,β-unsaturated/α-hetero) is 1. The van der Waals surface area contributed by atoms with Crippen LogP contribution in [0.1, 0.15) is 149 Å². The van der Waals surface area contributed by atoms with Gasteiger partial charge < -0.3 is 24.8 Å². The number of unbranched alkanes of at least 4 members (excludes halogenated alkanes) is 16. The Morgan fingerprint density at radius 2 is 0.892 bits per heavy atom. The highest BCUT2D eigenvalue weighted by atomic mass is 16.7. The minimum Gasteiger partial charge on any atom is -0.423 e. The Hall–Kier alpha value is -1.51. The summed E-state index contributed by atoms with van der Waals surface area (Å²) in [5, 5.41) is 31.1. The van der Waals surface area contributed by atoms with Gasteiger partial charge in [0.2, 0.25) is 5.78 Å². The molecule has 0 aromatic rings. The number of hydrogen-bond acceptors (Lipinski definition) is 8. The molecule has 37 heavy (non-hydrogen) atoms. The molecule has 218 valence electrons. The molecule has 0 spiro atoms. The lowest BCUT2D eigenvalue weighted by Crippen LogP contribution is -2.65. The lowest BCUT2D eigenvalue weighted by atomic mass is 10.0. The van der Waals surface area contributed by atoms with Crippen molar-refractivity contribution < 1.29 is 39.2 Å². The van der Waals surface area contributed by atoms with Gasteiger partial charge in [0.25, 0.3) is 0 Å². The zero-order valence-corrected chi connectivity index (χ0v) is 23.7. The predicted octanol–water partition coefficient (Wildman–Crippen LogP) is 5.87. The first kappa shape index (κ1) is 35.5. The smallest absolute Gasteiger partial charge is 0.339 e. The maximum atomic E-state index is 12.3. The number of carbonyl (C=O) groups excluding carboxylic acids is 3. The van der Waals surface area contributed by atoms with E-state index in [0.717, 1.165) is 58.3 Å². The van der Waals surface area contributed by atoms with E-state index >= 15 is 0 Å². The summed E-state index contributed by atoms with van der Waals surface area (Å²) in [6.45, 7) is 3.94. The number of aliphatic hydroxyl groups excluding tert-OH is 1. The highest BCUT2D eigenvalue weighted by Crippen LogP contribution is 2.28. The van der Waals surface area contributed by atoms with Gasteiger partial charge in [-0.1, -0.05) is 117 Å². The fourth-order valence-corrected chi connectivity index (χ4v) is 4.25. The van der Waals surface area contributed by atoms with Crippen molar-refractivity contribution in [2.75, 3.05) is 6.61 Å². The molecule has 8 heteroatoms. The largest absolute Gasteiger partial charge is 0.423 e. The van der Waals surface area contributed by atoms with Gasteiger partial charge >= 0.3 is 23.5 Å². The van der Waals surface area contributed by atoms with Crippen LogP contribution in [0.4, 0.5) is 0 Å². The van der Waals surface area contributed by atoms with Gasteiger partial charge in [-0.2, -0.15) is 0 Å². The maximum absolute atomic E-state index is 12.3. The highest BCUT2D eigenvalue weighted by molar-refractivity contribution is 5.87. The van der Waals surface area contributed by atoms with Crippen molar-refractivity contribution in [2.45, 2.75) is 161 Å². The topological polar surface area (TPSA) is 130 Å². The Balaban J connectivity index is 4.51. The molecular formula is C29H54O8. The summed E-state index contributed by atoms with van der Waals surface area (Å²) in [7, 11) is 0. The van der Waals surface area contributed by atoms with E-state index in [-0.39, 0.29) is 12.8 Å². The summed E-state index contributed by atoms with van der Waals surface area (Å²) in [5.41, 5.74) is 0. The Morgan fingerprint density at radius 3 is 1.22 bits per heavy atom. The van der Waals surface area contributed by atoms with Crippen molar-refractivity contribution in [2.24, 2.45) is 0 Å². The van der Waals surface area contributed by atoms with E-state index in [1.165, 1.54) is 51.4 Å². The van der Waals surface area contributed by atoms with Crippen LogP contribution in [0.25, 0.3) is 0 Å². The lowest BCUT2D eigenvalue weighted by Gasteiger charge is -2.38. The SMILES string of the molecule is CCCCCCCCCCCC(=O)OC(O)(CO)C(O)(OC(=O)CCCCCCCCCCC)C(C)=O. The van der Waals surface area contributed by atoms with Crippen LogP contribution in [0.5, 0.6) is 0 Å². The van der Waals surface area contributed by atoms with Crippen molar-refractivity contribution in [3.8, 4) is 0 Å². The predicted molar refractivity (Wildman–Crippen MR) is 144 cm³/mol. The molecule has 2 unspecified atom stereocenters. The molecule has 0 bridgehead atoms. The van der Waals surface area contributed by atoms with Crippen LogP contribution in [0.15, 0.2) is 0 Å². The number of aliphatic hydroxyl groups is 3. The van der Waals surface area contributed by atoms with Crippen molar-refractivity contribution in [3.05, 3.63) is 0 Å². The van der Waals surface area contributed by atoms with Gasteiger partial charge in [-0.3, -0.25) is 14.4 Å². The summed E-state index contributed by atoms with van der Waals surface area (Å²) in [6, 6.07) is 0. The molecule has 0 saturated carbocycles. The third-order valence-corrected chi connectivity index (χ3v) is 6.73. The van der Waals surface area contributed by atoms with E-state index in [1.54, 1.807) is 0 Å². The second-order valence-corrected chi connectivity index (χ2v) is 10.2. The first-order valence-electron chi connectivity index (χ1n) is 14.7. The van der Waals surface area contributed by atoms with E-state index in [9.17, 15) is 29.7 Å². The maximum Gasteiger partial charge on any atom is 0.339 e. The molecule has 0 aromatic carbocycles. The van der Waals surface area contributed by atoms with Crippen molar-refractivity contribution in [3.63, 3.8) is 0 Å². The highest BCUT2D eigenvalue weighted by Gasteiger charge is 2.60. The summed E-state index contributed by atoms with van der Waals surface area (Å²) in [4.78, 5) is 36.7. The minimum absolute atomic E-state index is 0.0570. The average Bonchev–Trinajstić information content (AvgIpc) is 2.86. The fourth-order valence-electron chi connectivity index (χ4n) is 4.25.